The molecule has 0 atom stereocenters. The van der Waals surface area contributed by atoms with Gasteiger partial charge in [0.25, 0.3) is 0 Å². The third kappa shape index (κ3) is 8.03. The average molecular weight is 460 g/mol. The molecule has 0 unspecified atom stereocenters. The second-order valence-electron chi connectivity index (χ2n) is 8.17. The van der Waals surface area contributed by atoms with Crippen molar-refractivity contribution in [3.8, 4) is 22.4 Å². The van der Waals surface area contributed by atoms with E-state index in [2.05, 4.69) is 61.7 Å². The maximum atomic E-state index is 11.3. The lowest BCUT2D eigenvalue weighted by Gasteiger charge is -2.20. The molecule has 0 aliphatic rings. The van der Waals surface area contributed by atoms with Crippen molar-refractivity contribution in [3.05, 3.63) is 78.5 Å². The number of benzene rings is 2. The molecule has 1 aromatic heterocycles. The molecule has 7 nitrogen and oxygen atoms in total. The Bertz CT molecular complexity index is 1020. The highest BCUT2D eigenvalue weighted by Gasteiger charge is 2.30. The van der Waals surface area contributed by atoms with E-state index in [-0.39, 0.29) is 11.8 Å². The van der Waals surface area contributed by atoms with Gasteiger partial charge < -0.3 is 5.11 Å². The number of nitrogens with zero attached hydrogens (tertiary/aromatic N) is 1. The van der Waals surface area contributed by atoms with Gasteiger partial charge >= 0.3 is 5.97 Å². The summed E-state index contributed by atoms with van der Waals surface area (Å²) >= 11 is 0. The third-order valence-corrected chi connectivity index (χ3v) is 4.66. The van der Waals surface area contributed by atoms with Crippen LogP contribution in [0.4, 0.5) is 0 Å². The molecule has 0 spiro atoms. The summed E-state index contributed by atoms with van der Waals surface area (Å²) in [5, 5.41) is 9.25. The van der Waals surface area contributed by atoms with Crippen LogP contribution in [0.15, 0.2) is 72.8 Å². The van der Waals surface area contributed by atoms with Crippen molar-refractivity contribution in [3.63, 3.8) is 0 Å². The number of carboxylic acids is 1. The molecule has 1 heterocycles. The summed E-state index contributed by atoms with van der Waals surface area (Å²) in [5.41, 5.74) is 5.45. The molecule has 0 aliphatic carbocycles. The highest BCUT2D eigenvalue weighted by atomic mass is 35.7. The van der Waals surface area contributed by atoms with Gasteiger partial charge in [0.2, 0.25) is 5.69 Å². The van der Waals surface area contributed by atoms with Crippen molar-refractivity contribution >= 4 is 5.97 Å². The van der Waals surface area contributed by atoms with E-state index in [1.165, 1.54) is 0 Å². The molecule has 1 N–H and O–H groups in total. The SMILES string of the molecule is CC(C)(C)c1cc(-c2ccccc2)cc(-c2ccccc2)[n+]1CCC(=O)O.[O-][Cl+3]([O-])([O-])[O-]. The van der Waals surface area contributed by atoms with Crippen molar-refractivity contribution in [2.24, 2.45) is 0 Å². The zero-order valence-corrected chi connectivity index (χ0v) is 18.9. The van der Waals surface area contributed by atoms with Crippen LogP contribution < -0.4 is 23.2 Å². The first-order valence-corrected chi connectivity index (χ1v) is 11.1. The molecule has 2 aromatic carbocycles. The van der Waals surface area contributed by atoms with Crippen LogP contribution in [0, 0.1) is 10.2 Å². The predicted molar refractivity (Wildman–Crippen MR) is 108 cm³/mol. The van der Waals surface area contributed by atoms with Gasteiger partial charge in [-0.15, -0.1) is 10.2 Å². The molecule has 8 heteroatoms. The van der Waals surface area contributed by atoms with Gasteiger partial charge in [0.05, 0.1) is 0 Å². The highest BCUT2D eigenvalue weighted by Crippen LogP contribution is 2.29. The average Bonchev–Trinajstić information content (AvgIpc) is 2.71. The number of aromatic nitrogens is 1. The second kappa shape index (κ2) is 10.7. The normalized spacial score (nSPS) is 11.5. The van der Waals surface area contributed by atoms with E-state index < -0.39 is 16.2 Å². The van der Waals surface area contributed by atoms with Crippen molar-refractivity contribution in [1.82, 2.24) is 0 Å². The molecule has 0 aliphatic heterocycles. The molecule has 0 saturated carbocycles. The van der Waals surface area contributed by atoms with Gasteiger partial charge in [-0.25, -0.2) is 18.6 Å². The molecule has 0 fully saturated rings. The topological polar surface area (TPSA) is 133 Å². The van der Waals surface area contributed by atoms with Gasteiger partial charge in [-0.1, -0.05) is 69.3 Å². The Labute approximate surface area is 189 Å². The summed E-state index contributed by atoms with van der Waals surface area (Å²) in [7, 11) is -4.94. The number of hydrogen-bond donors (Lipinski definition) is 1. The maximum absolute atomic E-state index is 11.3. The monoisotopic (exact) mass is 459 g/mol. The number of pyridine rings is 1. The lowest BCUT2D eigenvalue weighted by atomic mass is 9.88. The van der Waals surface area contributed by atoms with E-state index in [1.54, 1.807) is 0 Å². The number of halogens is 1. The third-order valence-electron chi connectivity index (χ3n) is 4.66. The Hall–Kier alpha value is -2.81. The zero-order chi connectivity index (χ0) is 23.9. The summed E-state index contributed by atoms with van der Waals surface area (Å²) in [6.45, 7) is 6.96. The van der Waals surface area contributed by atoms with Crippen molar-refractivity contribution in [2.45, 2.75) is 39.2 Å². The van der Waals surface area contributed by atoms with Crippen LogP contribution in [0.3, 0.4) is 0 Å². The van der Waals surface area contributed by atoms with Crippen LogP contribution in [-0.4, -0.2) is 11.1 Å². The zero-order valence-electron chi connectivity index (χ0n) is 18.2. The summed E-state index contributed by atoms with van der Waals surface area (Å²) in [6, 6.07) is 24.9. The molecular formula is C24H26ClNO6. The molecule has 0 amide bonds. The molecule has 3 aromatic rings. The standard InChI is InChI=1S/C24H25NO2.ClHO4/c1-24(2,3)22-17-20(18-10-6-4-7-11-18)16-21(19-12-8-5-9-13-19)25(22)15-14-23(26)27;2-1(3,4)5/h4-13,16-17H,14-15H2,1-3H3;(H,2,3,4,5). The van der Waals surface area contributed by atoms with Crippen LogP contribution in [0.2, 0.25) is 0 Å². The number of carboxylic acid groups (broad SMARTS) is 1. The molecule has 32 heavy (non-hydrogen) atoms. The first kappa shape index (κ1) is 25.5. The van der Waals surface area contributed by atoms with Crippen LogP contribution in [0.1, 0.15) is 32.9 Å². The molecule has 0 radical (unpaired) electrons. The van der Waals surface area contributed by atoms with Gasteiger partial charge in [0.1, 0.15) is 6.42 Å². The van der Waals surface area contributed by atoms with Crippen molar-refractivity contribution < 1.29 is 43.3 Å². The summed E-state index contributed by atoms with van der Waals surface area (Å²) in [4.78, 5) is 11.3. The Morgan fingerprint density at radius 2 is 1.31 bits per heavy atom. The summed E-state index contributed by atoms with van der Waals surface area (Å²) < 4.78 is 36.1. The maximum Gasteiger partial charge on any atom is 0.309 e. The van der Waals surface area contributed by atoms with Crippen molar-refractivity contribution in [2.75, 3.05) is 0 Å². The first-order chi connectivity index (χ1) is 14.9. The predicted octanol–water partition coefficient (Wildman–Crippen LogP) is 0.324. The Morgan fingerprint density at radius 1 is 0.844 bits per heavy atom. The van der Waals surface area contributed by atoms with Gasteiger partial charge in [0, 0.05) is 23.1 Å². The smallest absolute Gasteiger partial charge is 0.309 e. The van der Waals surface area contributed by atoms with Crippen LogP contribution in [-0.2, 0) is 16.8 Å². The Balaban J connectivity index is 0.000000654. The highest BCUT2D eigenvalue weighted by molar-refractivity contribution is 5.69. The number of carbonyl (C=O) groups is 1. The number of rotatable bonds is 5. The van der Waals surface area contributed by atoms with Gasteiger partial charge in [-0.3, -0.25) is 4.79 Å². The fourth-order valence-corrected chi connectivity index (χ4v) is 3.34. The fourth-order valence-electron chi connectivity index (χ4n) is 3.34. The molecule has 0 saturated heterocycles. The minimum Gasteiger partial charge on any atom is -0.481 e. The summed E-state index contributed by atoms with van der Waals surface area (Å²) in [5.74, 6) is -0.784. The molecule has 3 rings (SSSR count). The van der Waals surface area contributed by atoms with E-state index in [4.69, 9.17) is 18.6 Å². The quantitative estimate of drug-likeness (QED) is 0.546. The lowest BCUT2D eigenvalue weighted by molar-refractivity contribution is -2.00. The molecule has 0 bridgehead atoms. The van der Waals surface area contributed by atoms with Crippen LogP contribution >= 0.6 is 0 Å². The van der Waals surface area contributed by atoms with Gasteiger partial charge in [-0.05, 0) is 23.3 Å². The fraction of sp³-hybridized carbons (Fsp3) is 0.250. The number of aliphatic carboxylic acids is 1. The van der Waals surface area contributed by atoms with Crippen LogP contribution in [0.5, 0.6) is 0 Å². The minimum absolute atomic E-state index is 0.0955. The van der Waals surface area contributed by atoms with E-state index in [1.807, 2.05) is 36.4 Å². The largest absolute Gasteiger partial charge is 0.481 e. The van der Waals surface area contributed by atoms with E-state index >= 15 is 0 Å². The summed E-state index contributed by atoms with van der Waals surface area (Å²) in [6.07, 6.45) is 0.0955. The Kier molecular flexibility index (Phi) is 8.49. The van der Waals surface area contributed by atoms with Gasteiger partial charge in [0.15, 0.2) is 12.2 Å². The molecular weight excluding hydrogens is 434 g/mol. The second-order valence-corrected chi connectivity index (χ2v) is 8.93. The van der Waals surface area contributed by atoms with Crippen molar-refractivity contribution in [1.29, 1.82) is 0 Å². The van der Waals surface area contributed by atoms with E-state index in [0.717, 1.165) is 28.1 Å². The Morgan fingerprint density at radius 3 is 1.75 bits per heavy atom. The molecule has 170 valence electrons. The lowest BCUT2D eigenvalue weighted by Crippen LogP contribution is -2.68. The van der Waals surface area contributed by atoms with E-state index in [0.29, 0.717) is 6.54 Å². The number of hydrogen-bond acceptors (Lipinski definition) is 5. The minimum atomic E-state index is -4.94. The first-order valence-electron chi connectivity index (χ1n) is 9.89. The van der Waals surface area contributed by atoms with E-state index in [9.17, 15) is 9.90 Å². The van der Waals surface area contributed by atoms with Crippen LogP contribution in [0.25, 0.3) is 22.4 Å². The van der Waals surface area contributed by atoms with Gasteiger partial charge in [-0.2, -0.15) is 4.57 Å².